The van der Waals surface area contributed by atoms with Crippen LogP contribution in [0.1, 0.15) is 17.1 Å². The smallest absolute Gasteiger partial charge is 0.141 e. The van der Waals surface area contributed by atoms with Gasteiger partial charge in [0.2, 0.25) is 0 Å². The molecular weight excluding hydrogens is 341 g/mol. The second-order valence-electron chi connectivity index (χ2n) is 4.38. The van der Waals surface area contributed by atoms with E-state index in [1.54, 1.807) is 0 Å². The van der Waals surface area contributed by atoms with Crippen molar-refractivity contribution in [3.63, 3.8) is 0 Å². The van der Waals surface area contributed by atoms with E-state index in [1.807, 2.05) is 20.0 Å². The van der Waals surface area contributed by atoms with Gasteiger partial charge in [0.15, 0.2) is 0 Å². The van der Waals surface area contributed by atoms with Gasteiger partial charge < -0.3 is 9.51 Å². The predicted octanol–water partition coefficient (Wildman–Crippen LogP) is 3.75. The van der Waals surface area contributed by atoms with Crippen molar-refractivity contribution in [3.8, 4) is 11.1 Å². The fourth-order valence-electron chi connectivity index (χ4n) is 2.20. The summed E-state index contributed by atoms with van der Waals surface area (Å²) in [6.07, 6.45) is 1.86. The summed E-state index contributed by atoms with van der Waals surface area (Å²) in [4.78, 5) is 7.74. The van der Waals surface area contributed by atoms with Gasteiger partial charge in [0, 0.05) is 32.0 Å². The van der Waals surface area contributed by atoms with E-state index < -0.39 is 0 Å². The SMILES string of the molecule is Cc1noc(C)c1-c1cnc2[nH]c(C)c(I)c2c1. The van der Waals surface area contributed by atoms with Gasteiger partial charge in [0.05, 0.1) is 5.69 Å². The summed E-state index contributed by atoms with van der Waals surface area (Å²) in [6, 6.07) is 2.14. The summed E-state index contributed by atoms with van der Waals surface area (Å²) < 4.78 is 6.42. The Labute approximate surface area is 118 Å². The number of H-pyrrole nitrogens is 1. The highest BCUT2D eigenvalue weighted by Crippen LogP contribution is 2.30. The van der Waals surface area contributed by atoms with Crippen molar-refractivity contribution in [1.29, 1.82) is 0 Å². The Morgan fingerprint density at radius 3 is 2.72 bits per heavy atom. The maximum Gasteiger partial charge on any atom is 0.141 e. The van der Waals surface area contributed by atoms with E-state index >= 15 is 0 Å². The molecule has 3 aromatic rings. The topological polar surface area (TPSA) is 54.7 Å². The lowest BCUT2D eigenvalue weighted by Gasteiger charge is -2.00. The van der Waals surface area contributed by atoms with Crippen molar-refractivity contribution in [2.45, 2.75) is 20.8 Å². The molecule has 0 bridgehead atoms. The molecule has 0 atom stereocenters. The van der Waals surface area contributed by atoms with Gasteiger partial charge in [-0.1, -0.05) is 5.16 Å². The normalized spacial score (nSPS) is 11.3. The van der Waals surface area contributed by atoms with E-state index in [1.165, 1.54) is 3.57 Å². The number of aryl methyl sites for hydroxylation is 3. The number of nitrogens with zero attached hydrogens (tertiary/aromatic N) is 2. The fraction of sp³-hybridized carbons (Fsp3) is 0.231. The van der Waals surface area contributed by atoms with Crippen LogP contribution in [0, 0.1) is 24.3 Å². The molecule has 0 saturated carbocycles. The number of aromatic nitrogens is 3. The predicted molar refractivity (Wildman–Crippen MR) is 78.5 cm³/mol. The van der Waals surface area contributed by atoms with E-state index in [4.69, 9.17) is 4.52 Å². The van der Waals surface area contributed by atoms with Crippen LogP contribution in [0.2, 0.25) is 0 Å². The minimum absolute atomic E-state index is 0.830. The second kappa shape index (κ2) is 4.08. The summed E-state index contributed by atoms with van der Waals surface area (Å²) in [6.45, 7) is 5.93. The number of hydrogen-bond donors (Lipinski definition) is 1. The Morgan fingerprint density at radius 2 is 2.06 bits per heavy atom. The summed E-state index contributed by atoms with van der Waals surface area (Å²) in [5.74, 6) is 0.830. The van der Waals surface area contributed by atoms with Crippen molar-refractivity contribution in [1.82, 2.24) is 15.1 Å². The summed E-state index contributed by atoms with van der Waals surface area (Å²) in [5, 5.41) is 5.13. The van der Waals surface area contributed by atoms with Gasteiger partial charge >= 0.3 is 0 Å². The van der Waals surface area contributed by atoms with Crippen molar-refractivity contribution in [3.05, 3.63) is 33.0 Å². The fourth-order valence-corrected chi connectivity index (χ4v) is 2.74. The number of hydrogen-bond acceptors (Lipinski definition) is 3. The van der Waals surface area contributed by atoms with Gasteiger partial charge in [-0.15, -0.1) is 0 Å². The zero-order valence-electron chi connectivity index (χ0n) is 10.3. The van der Waals surface area contributed by atoms with Crippen molar-refractivity contribution in [2.75, 3.05) is 0 Å². The third-order valence-electron chi connectivity index (χ3n) is 3.08. The van der Waals surface area contributed by atoms with Crippen molar-refractivity contribution < 1.29 is 4.52 Å². The van der Waals surface area contributed by atoms with E-state index in [9.17, 15) is 0 Å². The molecule has 3 rings (SSSR count). The maximum absolute atomic E-state index is 5.21. The van der Waals surface area contributed by atoms with Crippen LogP contribution in [0.5, 0.6) is 0 Å². The number of fused-ring (bicyclic) bond motifs is 1. The Bertz CT molecular complexity index is 723. The third-order valence-corrected chi connectivity index (χ3v) is 4.47. The molecule has 0 fully saturated rings. The molecule has 0 aliphatic heterocycles. The molecule has 0 aromatic carbocycles. The highest BCUT2D eigenvalue weighted by molar-refractivity contribution is 14.1. The molecule has 0 amide bonds. The Balaban J connectivity index is 2.28. The number of halogens is 1. The molecule has 5 heteroatoms. The lowest BCUT2D eigenvalue weighted by molar-refractivity contribution is 0.393. The highest BCUT2D eigenvalue weighted by atomic mass is 127. The summed E-state index contributed by atoms with van der Waals surface area (Å²) in [7, 11) is 0. The molecule has 0 spiro atoms. The highest BCUT2D eigenvalue weighted by Gasteiger charge is 2.14. The Morgan fingerprint density at radius 1 is 1.28 bits per heavy atom. The van der Waals surface area contributed by atoms with Gasteiger partial charge in [0.25, 0.3) is 0 Å². The molecule has 0 aliphatic carbocycles. The molecule has 0 radical (unpaired) electrons. The number of pyridine rings is 1. The van der Waals surface area contributed by atoms with E-state index in [-0.39, 0.29) is 0 Å². The largest absolute Gasteiger partial charge is 0.361 e. The van der Waals surface area contributed by atoms with Gasteiger partial charge in [0.1, 0.15) is 11.4 Å². The summed E-state index contributed by atoms with van der Waals surface area (Å²) in [5.41, 5.74) is 5.06. The van der Waals surface area contributed by atoms with E-state index in [0.717, 1.165) is 39.3 Å². The lowest BCUT2D eigenvalue weighted by atomic mass is 10.1. The minimum Gasteiger partial charge on any atom is -0.361 e. The van der Waals surface area contributed by atoms with Crippen LogP contribution < -0.4 is 0 Å². The van der Waals surface area contributed by atoms with Crippen molar-refractivity contribution >= 4 is 33.6 Å². The molecular formula is C13H12IN3O. The number of rotatable bonds is 1. The molecule has 3 aromatic heterocycles. The number of nitrogens with one attached hydrogen (secondary N) is 1. The molecule has 18 heavy (non-hydrogen) atoms. The molecule has 0 saturated heterocycles. The maximum atomic E-state index is 5.21. The first-order chi connectivity index (χ1) is 8.58. The zero-order chi connectivity index (χ0) is 12.9. The molecule has 0 aliphatic rings. The van der Waals surface area contributed by atoms with Gasteiger partial charge in [-0.05, 0) is 49.4 Å². The van der Waals surface area contributed by atoms with Crippen LogP contribution in [0.15, 0.2) is 16.8 Å². The quantitative estimate of drug-likeness (QED) is 0.678. The average Bonchev–Trinajstić information content (AvgIpc) is 2.82. The number of aromatic amines is 1. The zero-order valence-corrected chi connectivity index (χ0v) is 12.5. The monoisotopic (exact) mass is 353 g/mol. The van der Waals surface area contributed by atoms with Crippen LogP contribution in [-0.2, 0) is 0 Å². The van der Waals surface area contributed by atoms with E-state index in [2.05, 4.69) is 50.7 Å². The van der Waals surface area contributed by atoms with E-state index in [0.29, 0.717) is 0 Å². The lowest BCUT2D eigenvalue weighted by Crippen LogP contribution is -1.85. The van der Waals surface area contributed by atoms with Crippen LogP contribution in [-0.4, -0.2) is 15.1 Å². The summed E-state index contributed by atoms with van der Waals surface area (Å²) >= 11 is 2.34. The Hall–Kier alpha value is -1.37. The molecule has 1 N–H and O–H groups in total. The molecule has 92 valence electrons. The molecule has 4 nitrogen and oxygen atoms in total. The minimum atomic E-state index is 0.830. The molecule has 0 unspecified atom stereocenters. The standard InChI is InChI=1S/C13H12IN3O/c1-6-11(8(3)18-17-6)9-4-10-12(14)7(2)16-13(10)15-5-9/h4-5H,1-3H3,(H,15,16). The van der Waals surface area contributed by atoms with Crippen molar-refractivity contribution in [2.24, 2.45) is 0 Å². The van der Waals surface area contributed by atoms with Gasteiger partial charge in [-0.3, -0.25) is 0 Å². The molecule has 3 heterocycles. The van der Waals surface area contributed by atoms with Crippen LogP contribution in [0.3, 0.4) is 0 Å². The van der Waals surface area contributed by atoms with Gasteiger partial charge in [-0.2, -0.15) is 0 Å². The van der Waals surface area contributed by atoms with Crippen LogP contribution in [0.25, 0.3) is 22.2 Å². The third kappa shape index (κ3) is 1.65. The van der Waals surface area contributed by atoms with Crippen LogP contribution in [0.4, 0.5) is 0 Å². The first kappa shape index (κ1) is 11.7. The van der Waals surface area contributed by atoms with Crippen LogP contribution >= 0.6 is 22.6 Å². The first-order valence-electron chi connectivity index (χ1n) is 5.65. The van der Waals surface area contributed by atoms with Gasteiger partial charge in [-0.25, -0.2) is 4.98 Å². The average molecular weight is 353 g/mol. The Kier molecular flexibility index (Phi) is 2.65. The first-order valence-corrected chi connectivity index (χ1v) is 6.73. The second-order valence-corrected chi connectivity index (χ2v) is 5.46.